The van der Waals surface area contributed by atoms with Gasteiger partial charge in [-0.05, 0) is 36.4 Å². The van der Waals surface area contributed by atoms with Crippen LogP contribution in [0.3, 0.4) is 0 Å². The molecule has 34 heavy (non-hydrogen) atoms. The maximum atomic E-state index is 12.5. The Morgan fingerprint density at radius 1 is 0.647 bits per heavy atom. The summed E-state index contributed by atoms with van der Waals surface area (Å²) < 4.78 is 34.7. The van der Waals surface area contributed by atoms with E-state index < -0.39 is 12.2 Å². The average molecular weight is 466 g/mol. The SMILES string of the molecule is O=C(Nc1ccccc1)OC1COc2ccccc2OCCOCCOc2ccccc2OC1. The van der Waals surface area contributed by atoms with Gasteiger partial charge in [0.1, 0.15) is 26.4 Å². The lowest BCUT2D eigenvalue weighted by Gasteiger charge is -2.21. The van der Waals surface area contributed by atoms with Gasteiger partial charge in [-0.15, -0.1) is 0 Å². The Morgan fingerprint density at radius 2 is 1.12 bits per heavy atom. The summed E-state index contributed by atoms with van der Waals surface area (Å²) in [6.07, 6.45) is -1.31. The quantitative estimate of drug-likeness (QED) is 0.594. The van der Waals surface area contributed by atoms with E-state index in [4.69, 9.17) is 28.4 Å². The first-order chi connectivity index (χ1) is 16.8. The number of nitrogens with one attached hydrogen (secondary N) is 1. The summed E-state index contributed by atoms with van der Waals surface area (Å²) >= 11 is 0. The van der Waals surface area contributed by atoms with Gasteiger partial charge >= 0.3 is 6.09 Å². The molecule has 0 fully saturated rings. The number of fused-ring (bicyclic) bond motifs is 2. The zero-order valence-corrected chi connectivity index (χ0v) is 18.7. The number of carbonyl (C=O) groups is 1. The molecule has 8 nitrogen and oxygen atoms in total. The molecule has 0 atom stereocenters. The number of rotatable bonds is 2. The van der Waals surface area contributed by atoms with Crippen LogP contribution < -0.4 is 24.3 Å². The van der Waals surface area contributed by atoms with Crippen molar-refractivity contribution >= 4 is 11.8 Å². The highest BCUT2D eigenvalue weighted by Crippen LogP contribution is 2.28. The Balaban J connectivity index is 1.49. The lowest BCUT2D eigenvalue weighted by molar-refractivity contribution is 0.0383. The molecule has 0 spiro atoms. The Bertz CT molecular complexity index is 989. The van der Waals surface area contributed by atoms with E-state index in [-0.39, 0.29) is 13.2 Å². The van der Waals surface area contributed by atoms with Gasteiger partial charge in [-0.3, -0.25) is 5.32 Å². The van der Waals surface area contributed by atoms with E-state index in [2.05, 4.69) is 5.32 Å². The van der Waals surface area contributed by atoms with Crippen molar-refractivity contribution in [1.82, 2.24) is 0 Å². The van der Waals surface area contributed by atoms with E-state index in [1.165, 1.54) is 0 Å². The molecule has 3 aromatic rings. The first kappa shape index (κ1) is 23.3. The lowest BCUT2D eigenvalue weighted by Crippen LogP contribution is -2.33. The highest BCUT2D eigenvalue weighted by Gasteiger charge is 2.19. The second kappa shape index (κ2) is 12.4. The monoisotopic (exact) mass is 465 g/mol. The van der Waals surface area contributed by atoms with E-state index in [1.54, 1.807) is 24.3 Å². The first-order valence-electron chi connectivity index (χ1n) is 11.1. The molecule has 0 aliphatic carbocycles. The summed E-state index contributed by atoms with van der Waals surface area (Å²) in [6.45, 7) is 1.64. The summed E-state index contributed by atoms with van der Waals surface area (Å²) in [4.78, 5) is 12.5. The second-order valence-corrected chi connectivity index (χ2v) is 7.34. The molecular formula is C26H27NO7. The van der Waals surface area contributed by atoms with E-state index >= 15 is 0 Å². The van der Waals surface area contributed by atoms with Crippen molar-refractivity contribution in [2.75, 3.05) is 45.0 Å². The molecule has 1 aliphatic heterocycles. The van der Waals surface area contributed by atoms with Crippen LogP contribution in [0.25, 0.3) is 0 Å². The van der Waals surface area contributed by atoms with Gasteiger partial charge in [0.25, 0.3) is 0 Å². The minimum absolute atomic E-state index is 0.0576. The molecule has 0 unspecified atom stereocenters. The zero-order valence-electron chi connectivity index (χ0n) is 18.7. The van der Waals surface area contributed by atoms with Gasteiger partial charge in [-0.2, -0.15) is 0 Å². The van der Waals surface area contributed by atoms with E-state index in [0.29, 0.717) is 55.1 Å². The largest absolute Gasteiger partial charge is 0.487 e. The van der Waals surface area contributed by atoms with Crippen LogP contribution in [0, 0.1) is 0 Å². The molecule has 1 N–H and O–H groups in total. The highest BCUT2D eigenvalue weighted by atomic mass is 16.6. The van der Waals surface area contributed by atoms with Crippen LogP contribution in [0.4, 0.5) is 10.5 Å². The van der Waals surface area contributed by atoms with Gasteiger partial charge in [-0.1, -0.05) is 42.5 Å². The average Bonchev–Trinajstić information content (AvgIpc) is 2.86. The van der Waals surface area contributed by atoms with Crippen LogP contribution in [0.2, 0.25) is 0 Å². The van der Waals surface area contributed by atoms with Crippen LogP contribution in [0.5, 0.6) is 23.0 Å². The fourth-order valence-corrected chi connectivity index (χ4v) is 3.20. The van der Waals surface area contributed by atoms with Crippen LogP contribution in [-0.2, 0) is 9.47 Å². The number of benzene rings is 3. The molecule has 0 saturated heterocycles. The Labute approximate surface area is 198 Å². The molecule has 4 rings (SSSR count). The van der Waals surface area contributed by atoms with Gasteiger partial charge in [0.15, 0.2) is 29.1 Å². The highest BCUT2D eigenvalue weighted by molar-refractivity contribution is 5.84. The fourth-order valence-electron chi connectivity index (χ4n) is 3.20. The molecule has 1 heterocycles. The van der Waals surface area contributed by atoms with Crippen molar-refractivity contribution in [2.45, 2.75) is 6.10 Å². The normalized spacial score (nSPS) is 15.2. The summed E-state index contributed by atoms with van der Waals surface area (Å²) in [5.41, 5.74) is 0.627. The van der Waals surface area contributed by atoms with Crippen molar-refractivity contribution < 1.29 is 33.2 Å². The van der Waals surface area contributed by atoms with Crippen molar-refractivity contribution in [3.63, 3.8) is 0 Å². The maximum Gasteiger partial charge on any atom is 0.412 e. The number of para-hydroxylation sites is 5. The van der Waals surface area contributed by atoms with Crippen molar-refractivity contribution in [3.8, 4) is 23.0 Å². The molecule has 3 aromatic carbocycles. The Kier molecular flexibility index (Phi) is 8.46. The van der Waals surface area contributed by atoms with Gasteiger partial charge in [0.2, 0.25) is 0 Å². The fraction of sp³-hybridized carbons (Fsp3) is 0.269. The Morgan fingerprint density at radius 3 is 1.65 bits per heavy atom. The van der Waals surface area contributed by atoms with Gasteiger partial charge < -0.3 is 28.4 Å². The van der Waals surface area contributed by atoms with Crippen LogP contribution in [-0.4, -0.2) is 51.8 Å². The number of anilines is 1. The zero-order chi connectivity index (χ0) is 23.4. The molecule has 8 heteroatoms. The van der Waals surface area contributed by atoms with Gasteiger partial charge in [0, 0.05) is 5.69 Å². The minimum Gasteiger partial charge on any atom is -0.487 e. The molecule has 0 radical (unpaired) electrons. The van der Waals surface area contributed by atoms with Crippen LogP contribution >= 0.6 is 0 Å². The summed E-state index contributed by atoms with van der Waals surface area (Å²) in [5, 5.41) is 2.71. The number of amides is 1. The number of hydrogen-bond donors (Lipinski definition) is 1. The van der Waals surface area contributed by atoms with E-state index in [0.717, 1.165) is 0 Å². The predicted molar refractivity (Wildman–Crippen MR) is 126 cm³/mol. The molecule has 178 valence electrons. The van der Waals surface area contributed by atoms with Crippen LogP contribution in [0.15, 0.2) is 78.9 Å². The third kappa shape index (κ3) is 7.05. The summed E-state index contributed by atoms with van der Waals surface area (Å²) in [6, 6.07) is 23.7. The molecule has 0 saturated carbocycles. The number of ether oxygens (including phenoxy) is 6. The van der Waals surface area contributed by atoms with Gasteiger partial charge in [-0.25, -0.2) is 4.79 Å². The van der Waals surface area contributed by atoms with E-state index in [1.807, 2.05) is 54.6 Å². The standard InChI is InChI=1S/C26H27NO7/c28-26(27-20-8-2-1-3-9-20)34-21-18-32-24-12-6-4-10-22(24)30-16-14-29-15-17-31-23-11-5-7-13-25(23)33-19-21/h1-13,21H,14-19H2,(H,27,28). The third-order valence-electron chi connectivity index (χ3n) is 4.81. The second-order valence-electron chi connectivity index (χ2n) is 7.34. The molecule has 0 aromatic heterocycles. The molecule has 1 amide bonds. The minimum atomic E-state index is -0.707. The van der Waals surface area contributed by atoms with E-state index in [9.17, 15) is 4.79 Å². The van der Waals surface area contributed by atoms with Crippen molar-refractivity contribution in [2.24, 2.45) is 0 Å². The summed E-state index contributed by atoms with van der Waals surface area (Å²) in [5.74, 6) is 2.23. The van der Waals surface area contributed by atoms with Crippen LogP contribution in [0.1, 0.15) is 0 Å². The van der Waals surface area contributed by atoms with Gasteiger partial charge in [0.05, 0.1) is 13.2 Å². The maximum absolute atomic E-state index is 12.5. The summed E-state index contributed by atoms with van der Waals surface area (Å²) in [7, 11) is 0. The molecular weight excluding hydrogens is 438 g/mol. The third-order valence-corrected chi connectivity index (χ3v) is 4.81. The lowest BCUT2D eigenvalue weighted by atomic mass is 10.3. The van der Waals surface area contributed by atoms with Crippen molar-refractivity contribution in [1.29, 1.82) is 0 Å². The Hall–Kier alpha value is -3.91. The number of hydrogen-bond acceptors (Lipinski definition) is 7. The molecule has 1 aliphatic rings. The topological polar surface area (TPSA) is 84.5 Å². The molecule has 0 bridgehead atoms. The number of carbonyl (C=O) groups excluding carboxylic acids is 1. The first-order valence-corrected chi connectivity index (χ1v) is 11.1. The predicted octanol–water partition coefficient (Wildman–Crippen LogP) is 4.55. The van der Waals surface area contributed by atoms with Crippen molar-refractivity contribution in [3.05, 3.63) is 78.9 Å². The smallest absolute Gasteiger partial charge is 0.412 e.